The van der Waals surface area contributed by atoms with Gasteiger partial charge in [0.2, 0.25) is 11.6 Å². The van der Waals surface area contributed by atoms with Crippen molar-refractivity contribution >= 4 is 0 Å². The highest BCUT2D eigenvalue weighted by atomic mass is 16.9. The summed E-state index contributed by atoms with van der Waals surface area (Å²) in [6.07, 6.45) is 14.0. The van der Waals surface area contributed by atoms with E-state index in [1.807, 2.05) is 0 Å². The topological polar surface area (TPSA) is 34.3 Å². The van der Waals surface area contributed by atoms with E-state index in [0.29, 0.717) is 0 Å². The SMILES string of the molecule is CCCCCCC1(OC2(CCCCCC)OC2(C)CC)OC1(C)CC. The van der Waals surface area contributed by atoms with Crippen LogP contribution in [-0.2, 0) is 14.2 Å². The van der Waals surface area contributed by atoms with Crippen molar-refractivity contribution in [2.45, 2.75) is 141 Å². The van der Waals surface area contributed by atoms with Crippen molar-refractivity contribution in [3.8, 4) is 0 Å². The van der Waals surface area contributed by atoms with E-state index in [0.717, 1.165) is 25.7 Å². The average molecular weight is 355 g/mol. The van der Waals surface area contributed by atoms with Crippen molar-refractivity contribution in [2.24, 2.45) is 0 Å². The predicted molar refractivity (Wildman–Crippen MR) is 104 cm³/mol. The molecule has 0 radical (unpaired) electrons. The highest BCUT2D eigenvalue weighted by Crippen LogP contribution is 2.63. The lowest BCUT2D eigenvalue weighted by molar-refractivity contribution is -0.159. The van der Waals surface area contributed by atoms with Gasteiger partial charge in [-0.05, 0) is 39.5 Å². The monoisotopic (exact) mass is 354 g/mol. The molecule has 2 heterocycles. The smallest absolute Gasteiger partial charge is 0.201 e. The van der Waals surface area contributed by atoms with Gasteiger partial charge in [0, 0.05) is 12.8 Å². The summed E-state index contributed by atoms with van der Waals surface area (Å²) in [5, 5.41) is 0. The summed E-state index contributed by atoms with van der Waals surface area (Å²) >= 11 is 0. The minimum atomic E-state index is -0.423. The normalized spacial score (nSPS) is 39.6. The standard InChI is InChI=1S/C22H42O3/c1-7-11-13-15-17-21(19(5,9-3)23-21)25-22(18-16-14-12-8-2)20(6,10-4)24-22/h7-18H2,1-6H3. The molecule has 2 aliphatic heterocycles. The molecule has 2 rings (SSSR count). The van der Waals surface area contributed by atoms with Crippen molar-refractivity contribution in [3.05, 3.63) is 0 Å². The molecule has 0 aromatic heterocycles. The molecular formula is C22H42O3. The summed E-state index contributed by atoms with van der Waals surface area (Å²) < 4.78 is 19.3. The van der Waals surface area contributed by atoms with Crippen LogP contribution in [0.3, 0.4) is 0 Å². The van der Waals surface area contributed by atoms with Gasteiger partial charge in [-0.25, -0.2) is 0 Å². The van der Waals surface area contributed by atoms with Gasteiger partial charge in [0.05, 0.1) is 0 Å². The molecule has 4 unspecified atom stereocenters. The maximum atomic E-state index is 6.78. The Bertz CT molecular complexity index is 387. The number of epoxide rings is 2. The lowest BCUT2D eigenvalue weighted by atomic mass is 9.93. The molecule has 0 bridgehead atoms. The third-order valence-electron chi connectivity index (χ3n) is 6.71. The Morgan fingerprint density at radius 3 is 1.28 bits per heavy atom. The van der Waals surface area contributed by atoms with Gasteiger partial charge in [-0.3, -0.25) is 0 Å². The highest BCUT2D eigenvalue weighted by Gasteiger charge is 2.76. The van der Waals surface area contributed by atoms with Crippen LogP contribution in [0.25, 0.3) is 0 Å². The summed E-state index contributed by atoms with van der Waals surface area (Å²) in [6.45, 7) is 13.3. The molecule has 0 aromatic rings. The summed E-state index contributed by atoms with van der Waals surface area (Å²) in [5.41, 5.74) is -0.285. The zero-order valence-electron chi connectivity index (χ0n) is 17.7. The Labute approximate surface area is 156 Å². The van der Waals surface area contributed by atoms with Gasteiger partial charge < -0.3 is 14.2 Å². The van der Waals surface area contributed by atoms with E-state index in [4.69, 9.17) is 14.2 Å². The largest absolute Gasteiger partial charge is 0.335 e. The van der Waals surface area contributed by atoms with Crippen LogP contribution in [0.1, 0.15) is 119 Å². The van der Waals surface area contributed by atoms with Crippen LogP contribution in [0, 0.1) is 0 Å². The van der Waals surface area contributed by atoms with Gasteiger partial charge >= 0.3 is 0 Å². The van der Waals surface area contributed by atoms with Gasteiger partial charge in [-0.1, -0.05) is 66.2 Å². The Morgan fingerprint density at radius 1 is 0.600 bits per heavy atom. The van der Waals surface area contributed by atoms with Crippen molar-refractivity contribution in [1.82, 2.24) is 0 Å². The molecule has 0 aliphatic carbocycles. The van der Waals surface area contributed by atoms with E-state index in [9.17, 15) is 0 Å². The minimum Gasteiger partial charge on any atom is -0.335 e. The van der Waals surface area contributed by atoms with Crippen LogP contribution in [-0.4, -0.2) is 22.8 Å². The summed E-state index contributed by atoms with van der Waals surface area (Å²) in [4.78, 5) is 0. The Balaban J connectivity index is 2.01. The van der Waals surface area contributed by atoms with Gasteiger partial charge in [0.1, 0.15) is 11.2 Å². The molecule has 0 spiro atoms. The summed E-state index contributed by atoms with van der Waals surface area (Å²) in [6, 6.07) is 0. The van der Waals surface area contributed by atoms with Crippen LogP contribution < -0.4 is 0 Å². The fraction of sp³-hybridized carbons (Fsp3) is 1.00. The molecular weight excluding hydrogens is 312 g/mol. The Morgan fingerprint density at radius 2 is 1.00 bits per heavy atom. The Hall–Kier alpha value is -0.120. The fourth-order valence-electron chi connectivity index (χ4n) is 4.19. The predicted octanol–water partition coefficient (Wildman–Crippen LogP) is 6.73. The molecule has 0 amide bonds. The average Bonchev–Trinajstić information content (AvgIpc) is 3.40. The second-order valence-electron chi connectivity index (χ2n) is 8.60. The molecule has 4 atom stereocenters. The Kier molecular flexibility index (Phi) is 7.01. The van der Waals surface area contributed by atoms with Crippen LogP contribution >= 0.6 is 0 Å². The summed E-state index contributed by atoms with van der Waals surface area (Å²) in [7, 11) is 0. The number of hydrogen-bond donors (Lipinski definition) is 0. The molecule has 0 aromatic carbocycles. The first kappa shape index (κ1) is 21.2. The lowest BCUT2D eigenvalue weighted by Gasteiger charge is -2.25. The first-order valence-electron chi connectivity index (χ1n) is 11.0. The van der Waals surface area contributed by atoms with E-state index in [1.165, 1.54) is 51.4 Å². The van der Waals surface area contributed by atoms with E-state index < -0.39 is 11.6 Å². The number of hydrogen-bond acceptors (Lipinski definition) is 3. The zero-order valence-corrected chi connectivity index (χ0v) is 17.7. The summed E-state index contributed by atoms with van der Waals surface area (Å²) in [5.74, 6) is -0.847. The maximum absolute atomic E-state index is 6.78. The van der Waals surface area contributed by atoms with Gasteiger partial charge in [0.15, 0.2) is 0 Å². The maximum Gasteiger partial charge on any atom is 0.201 e. The molecule has 0 N–H and O–H groups in total. The third-order valence-corrected chi connectivity index (χ3v) is 6.71. The molecule has 148 valence electrons. The molecule has 3 nitrogen and oxygen atoms in total. The van der Waals surface area contributed by atoms with Crippen molar-refractivity contribution in [1.29, 1.82) is 0 Å². The second kappa shape index (κ2) is 8.27. The van der Waals surface area contributed by atoms with Crippen molar-refractivity contribution < 1.29 is 14.2 Å². The molecule has 2 aliphatic rings. The second-order valence-corrected chi connectivity index (χ2v) is 8.60. The quantitative estimate of drug-likeness (QED) is 0.256. The fourth-order valence-corrected chi connectivity index (χ4v) is 4.19. The van der Waals surface area contributed by atoms with Crippen molar-refractivity contribution in [3.63, 3.8) is 0 Å². The molecule has 2 fully saturated rings. The molecule has 25 heavy (non-hydrogen) atoms. The first-order chi connectivity index (χ1) is 11.9. The molecule has 3 heteroatoms. The minimum absolute atomic E-state index is 0.143. The zero-order chi connectivity index (χ0) is 18.6. The molecule has 0 saturated carbocycles. The van der Waals surface area contributed by atoms with E-state index in [-0.39, 0.29) is 11.2 Å². The van der Waals surface area contributed by atoms with Crippen molar-refractivity contribution in [2.75, 3.05) is 0 Å². The van der Waals surface area contributed by atoms with E-state index in [2.05, 4.69) is 41.5 Å². The van der Waals surface area contributed by atoms with Gasteiger partial charge in [-0.15, -0.1) is 0 Å². The van der Waals surface area contributed by atoms with Crippen LogP contribution in [0.2, 0.25) is 0 Å². The number of rotatable bonds is 14. The first-order valence-corrected chi connectivity index (χ1v) is 11.0. The highest BCUT2D eigenvalue weighted by molar-refractivity contribution is 5.13. The van der Waals surface area contributed by atoms with Crippen LogP contribution in [0.5, 0.6) is 0 Å². The van der Waals surface area contributed by atoms with Gasteiger partial charge in [0.25, 0.3) is 0 Å². The van der Waals surface area contributed by atoms with E-state index in [1.54, 1.807) is 0 Å². The molecule has 2 saturated heterocycles. The van der Waals surface area contributed by atoms with E-state index >= 15 is 0 Å². The van der Waals surface area contributed by atoms with Crippen LogP contribution in [0.15, 0.2) is 0 Å². The van der Waals surface area contributed by atoms with Gasteiger partial charge in [-0.2, -0.15) is 0 Å². The third kappa shape index (κ3) is 4.25. The number of unbranched alkanes of at least 4 members (excludes halogenated alkanes) is 6. The lowest BCUT2D eigenvalue weighted by Crippen LogP contribution is -2.37. The van der Waals surface area contributed by atoms with Crippen LogP contribution in [0.4, 0.5) is 0 Å². The number of ether oxygens (including phenoxy) is 3.